The van der Waals surface area contributed by atoms with Gasteiger partial charge in [-0.15, -0.1) is 0 Å². The summed E-state index contributed by atoms with van der Waals surface area (Å²) in [7, 11) is -3.58. The Morgan fingerprint density at radius 3 is 2.31 bits per heavy atom. The predicted molar refractivity (Wildman–Crippen MR) is 106 cm³/mol. The van der Waals surface area contributed by atoms with Crippen molar-refractivity contribution in [3.8, 4) is 0 Å². The van der Waals surface area contributed by atoms with E-state index >= 15 is 0 Å². The first kappa shape index (κ1) is 20.0. The number of para-hydroxylation sites is 1. The van der Waals surface area contributed by atoms with E-state index in [9.17, 15) is 13.2 Å². The molecular weight excluding hydrogens is 348 g/mol. The minimum atomic E-state index is -3.58. The SMILES string of the molecule is Cc1ccc([C@@H](C)NC(=O)CN(c2ccccc2C)S(C)(=O)=O)c(C)c1. The van der Waals surface area contributed by atoms with E-state index in [0.29, 0.717) is 5.69 Å². The van der Waals surface area contributed by atoms with Crippen molar-refractivity contribution in [2.45, 2.75) is 33.7 Å². The topological polar surface area (TPSA) is 66.5 Å². The molecule has 0 unspecified atom stereocenters. The molecule has 1 amide bonds. The lowest BCUT2D eigenvalue weighted by molar-refractivity contribution is -0.120. The van der Waals surface area contributed by atoms with Gasteiger partial charge in [-0.3, -0.25) is 9.10 Å². The highest BCUT2D eigenvalue weighted by Crippen LogP contribution is 2.22. The van der Waals surface area contributed by atoms with Gasteiger partial charge in [-0.05, 0) is 50.5 Å². The van der Waals surface area contributed by atoms with Gasteiger partial charge < -0.3 is 5.32 Å². The number of rotatable bonds is 6. The number of aryl methyl sites for hydroxylation is 3. The van der Waals surface area contributed by atoms with E-state index in [1.54, 1.807) is 12.1 Å². The molecule has 0 aliphatic rings. The molecule has 6 heteroatoms. The molecule has 0 aromatic heterocycles. The molecule has 2 aromatic carbocycles. The summed E-state index contributed by atoms with van der Waals surface area (Å²) < 4.78 is 25.6. The van der Waals surface area contributed by atoms with Crippen LogP contribution in [0.25, 0.3) is 0 Å². The van der Waals surface area contributed by atoms with Gasteiger partial charge in [0, 0.05) is 0 Å². The molecule has 0 fully saturated rings. The van der Waals surface area contributed by atoms with Gasteiger partial charge >= 0.3 is 0 Å². The number of carbonyl (C=O) groups is 1. The molecular formula is C20H26N2O3S. The van der Waals surface area contributed by atoms with Crippen LogP contribution in [0, 0.1) is 20.8 Å². The summed E-state index contributed by atoms with van der Waals surface area (Å²) in [4.78, 5) is 12.5. The Bertz CT molecular complexity index is 907. The molecule has 1 N–H and O–H groups in total. The van der Waals surface area contributed by atoms with Gasteiger partial charge in [-0.1, -0.05) is 42.0 Å². The molecule has 0 saturated heterocycles. The quantitative estimate of drug-likeness (QED) is 0.844. The predicted octanol–water partition coefficient (Wildman–Crippen LogP) is 3.26. The van der Waals surface area contributed by atoms with Crippen molar-refractivity contribution in [1.29, 1.82) is 0 Å². The third kappa shape index (κ3) is 4.85. The lowest BCUT2D eigenvalue weighted by Crippen LogP contribution is -2.41. The number of carbonyl (C=O) groups excluding carboxylic acids is 1. The van der Waals surface area contributed by atoms with E-state index in [-0.39, 0.29) is 18.5 Å². The van der Waals surface area contributed by atoms with Gasteiger partial charge in [0.1, 0.15) is 6.54 Å². The Kier molecular flexibility index (Phi) is 6.08. The van der Waals surface area contributed by atoms with Crippen LogP contribution in [-0.2, 0) is 14.8 Å². The van der Waals surface area contributed by atoms with Crippen LogP contribution in [0.3, 0.4) is 0 Å². The first-order valence-corrected chi connectivity index (χ1v) is 10.3. The molecule has 26 heavy (non-hydrogen) atoms. The lowest BCUT2D eigenvalue weighted by Gasteiger charge is -2.25. The van der Waals surface area contributed by atoms with Crippen LogP contribution in [-0.4, -0.2) is 27.1 Å². The summed E-state index contributed by atoms with van der Waals surface area (Å²) in [6, 6.07) is 13.0. The van der Waals surface area contributed by atoms with Crippen molar-refractivity contribution in [1.82, 2.24) is 5.32 Å². The molecule has 2 rings (SSSR count). The molecule has 0 bridgehead atoms. The van der Waals surface area contributed by atoms with Crippen LogP contribution in [0.1, 0.15) is 35.2 Å². The van der Waals surface area contributed by atoms with Gasteiger partial charge in [0.25, 0.3) is 0 Å². The number of benzene rings is 2. The van der Waals surface area contributed by atoms with Crippen molar-refractivity contribution >= 4 is 21.6 Å². The van der Waals surface area contributed by atoms with E-state index < -0.39 is 10.0 Å². The zero-order chi connectivity index (χ0) is 19.5. The summed E-state index contributed by atoms with van der Waals surface area (Å²) in [5, 5.41) is 2.90. The fraction of sp³-hybridized carbons (Fsp3) is 0.350. The molecule has 0 aliphatic carbocycles. The summed E-state index contributed by atoms with van der Waals surface area (Å²) >= 11 is 0. The maximum absolute atomic E-state index is 12.5. The first-order valence-electron chi connectivity index (χ1n) is 8.49. The molecule has 0 saturated carbocycles. The molecule has 5 nitrogen and oxygen atoms in total. The van der Waals surface area contributed by atoms with Crippen LogP contribution in [0.4, 0.5) is 5.69 Å². The second-order valence-electron chi connectivity index (χ2n) is 6.71. The van der Waals surface area contributed by atoms with Crippen molar-refractivity contribution < 1.29 is 13.2 Å². The van der Waals surface area contributed by atoms with Crippen LogP contribution < -0.4 is 9.62 Å². The third-order valence-corrected chi connectivity index (χ3v) is 5.47. The number of nitrogens with one attached hydrogen (secondary N) is 1. The molecule has 0 spiro atoms. The standard InChI is InChI=1S/C20H26N2O3S/c1-14-10-11-18(16(3)12-14)17(4)21-20(23)13-22(26(5,24)25)19-9-7-6-8-15(19)2/h6-12,17H,13H2,1-5H3,(H,21,23)/t17-/m1/s1. The van der Waals surface area contributed by atoms with Gasteiger partial charge in [0.05, 0.1) is 18.0 Å². The zero-order valence-corrected chi connectivity index (χ0v) is 16.7. The average molecular weight is 375 g/mol. The fourth-order valence-corrected chi connectivity index (χ4v) is 3.95. The Morgan fingerprint density at radius 1 is 1.08 bits per heavy atom. The van der Waals surface area contributed by atoms with E-state index in [2.05, 4.69) is 11.4 Å². The number of sulfonamides is 1. The number of amides is 1. The molecule has 0 aliphatic heterocycles. The van der Waals surface area contributed by atoms with Crippen molar-refractivity contribution in [3.63, 3.8) is 0 Å². The van der Waals surface area contributed by atoms with E-state index in [1.165, 1.54) is 0 Å². The Morgan fingerprint density at radius 2 is 1.73 bits per heavy atom. The monoisotopic (exact) mass is 374 g/mol. The highest BCUT2D eigenvalue weighted by atomic mass is 32.2. The molecule has 0 heterocycles. The summed E-state index contributed by atoms with van der Waals surface area (Å²) in [5.41, 5.74) is 4.59. The van der Waals surface area contributed by atoms with Gasteiger partial charge in [0.15, 0.2) is 0 Å². The maximum atomic E-state index is 12.5. The summed E-state index contributed by atoms with van der Waals surface area (Å²) in [5.74, 6) is -0.342. The van der Waals surface area contributed by atoms with Gasteiger partial charge in [-0.25, -0.2) is 8.42 Å². The summed E-state index contributed by atoms with van der Waals surface area (Å²) in [6.07, 6.45) is 1.11. The Balaban J connectivity index is 2.19. The van der Waals surface area contributed by atoms with E-state index in [4.69, 9.17) is 0 Å². The molecule has 1 atom stereocenters. The lowest BCUT2D eigenvalue weighted by atomic mass is 10.0. The largest absolute Gasteiger partial charge is 0.348 e. The number of anilines is 1. The molecule has 2 aromatic rings. The van der Waals surface area contributed by atoms with Crippen LogP contribution in [0.5, 0.6) is 0 Å². The highest BCUT2D eigenvalue weighted by Gasteiger charge is 2.23. The number of hydrogen-bond donors (Lipinski definition) is 1. The van der Waals surface area contributed by atoms with Crippen LogP contribution in [0.15, 0.2) is 42.5 Å². The average Bonchev–Trinajstić information content (AvgIpc) is 2.52. The minimum Gasteiger partial charge on any atom is -0.348 e. The van der Waals surface area contributed by atoms with Crippen molar-refractivity contribution in [3.05, 3.63) is 64.7 Å². The summed E-state index contributed by atoms with van der Waals surface area (Å²) in [6.45, 7) is 7.49. The van der Waals surface area contributed by atoms with Crippen LogP contribution >= 0.6 is 0 Å². The Hall–Kier alpha value is -2.34. The normalized spacial score (nSPS) is 12.5. The van der Waals surface area contributed by atoms with Crippen LogP contribution in [0.2, 0.25) is 0 Å². The molecule has 140 valence electrons. The third-order valence-electron chi connectivity index (χ3n) is 4.34. The highest BCUT2D eigenvalue weighted by molar-refractivity contribution is 7.92. The first-order chi connectivity index (χ1) is 12.1. The minimum absolute atomic E-state index is 0.207. The second kappa shape index (κ2) is 7.91. The van der Waals surface area contributed by atoms with Crippen molar-refractivity contribution in [2.75, 3.05) is 17.1 Å². The molecule has 0 radical (unpaired) electrons. The smallest absolute Gasteiger partial charge is 0.241 e. The number of hydrogen-bond acceptors (Lipinski definition) is 3. The van der Waals surface area contributed by atoms with Gasteiger partial charge in [-0.2, -0.15) is 0 Å². The zero-order valence-electron chi connectivity index (χ0n) is 15.9. The maximum Gasteiger partial charge on any atom is 0.241 e. The fourth-order valence-electron chi connectivity index (χ4n) is 3.03. The number of nitrogens with zero attached hydrogens (tertiary/aromatic N) is 1. The second-order valence-corrected chi connectivity index (χ2v) is 8.61. The van der Waals surface area contributed by atoms with Crippen molar-refractivity contribution in [2.24, 2.45) is 0 Å². The van der Waals surface area contributed by atoms with Gasteiger partial charge in [0.2, 0.25) is 15.9 Å². The van der Waals surface area contributed by atoms with E-state index in [0.717, 1.165) is 32.8 Å². The Labute approximate surface area is 156 Å². The van der Waals surface area contributed by atoms with E-state index in [1.807, 2.05) is 52.0 Å².